The van der Waals surface area contributed by atoms with E-state index in [0.29, 0.717) is 11.6 Å². The minimum Gasteiger partial charge on any atom is -0.366 e. The highest BCUT2D eigenvalue weighted by Crippen LogP contribution is 2.07. The highest BCUT2D eigenvalue weighted by Gasteiger charge is 2.15. The maximum atomic E-state index is 10.8. The molecule has 1 aliphatic rings. The number of aromatic nitrogens is 2. The fraction of sp³-hybridized carbons (Fsp3) is 0.556. The number of hydrogen-bond acceptors (Lipinski definition) is 3. The molecule has 0 radical (unpaired) electrons. The third-order valence-electron chi connectivity index (χ3n) is 2.49. The van der Waals surface area contributed by atoms with Gasteiger partial charge in [-0.2, -0.15) is 5.10 Å². The van der Waals surface area contributed by atoms with Crippen LogP contribution in [0.5, 0.6) is 0 Å². The highest BCUT2D eigenvalue weighted by atomic mass is 16.1. The summed E-state index contributed by atoms with van der Waals surface area (Å²) >= 11 is 0. The van der Waals surface area contributed by atoms with Gasteiger partial charge >= 0.3 is 0 Å². The Morgan fingerprint density at radius 1 is 1.79 bits per heavy atom. The summed E-state index contributed by atoms with van der Waals surface area (Å²) in [7, 11) is 0. The zero-order chi connectivity index (χ0) is 9.97. The van der Waals surface area contributed by atoms with Crippen molar-refractivity contribution in [1.82, 2.24) is 15.1 Å². The van der Waals surface area contributed by atoms with Gasteiger partial charge in [0.1, 0.15) is 0 Å². The monoisotopic (exact) mass is 194 g/mol. The molecule has 0 saturated carbocycles. The number of amides is 1. The first-order valence-electron chi connectivity index (χ1n) is 4.81. The van der Waals surface area contributed by atoms with Gasteiger partial charge in [0.15, 0.2) is 0 Å². The Balaban J connectivity index is 1.98. The van der Waals surface area contributed by atoms with Crippen molar-refractivity contribution in [3.8, 4) is 0 Å². The molecule has 1 atom stereocenters. The standard InChI is InChI=1S/C9H14N4O/c10-9(14)7-4-12-13(5-7)6-8-2-1-3-11-8/h4-5,8,11H,1-3,6H2,(H2,10,14). The number of hydrogen-bond donors (Lipinski definition) is 2. The molecule has 0 aromatic carbocycles. The van der Waals surface area contributed by atoms with Crippen molar-refractivity contribution < 1.29 is 4.79 Å². The van der Waals surface area contributed by atoms with Crippen LogP contribution in [0.4, 0.5) is 0 Å². The minimum atomic E-state index is -0.421. The van der Waals surface area contributed by atoms with Crippen LogP contribution in [0.1, 0.15) is 23.2 Å². The van der Waals surface area contributed by atoms with Crippen molar-refractivity contribution in [2.75, 3.05) is 6.54 Å². The lowest BCUT2D eigenvalue weighted by Gasteiger charge is -2.09. The second-order valence-electron chi connectivity index (χ2n) is 3.61. The molecule has 1 aromatic heterocycles. The zero-order valence-corrected chi connectivity index (χ0v) is 7.94. The van der Waals surface area contributed by atoms with E-state index in [1.165, 1.54) is 19.0 Å². The quantitative estimate of drug-likeness (QED) is 0.696. The first-order chi connectivity index (χ1) is 6.75. The summed E-state index contributed by atoms with van der Waals surface area (Å²) in [6, 6.07) is 0.482. The fourth-order valence-electron chi connectivity index (χ4n) is 1.73. The summed E-state index contributed by atoms with van der Waals surface area (Å²) in [6.45, 7) is 1.89. The summed E-state index contributed by atoms with van der Waals surface area (Å²) in [5.74, 6) is -0.421. The van der Waals surface area contributed by atoms with E-state index in [1.807, 2.05) is 0 Å². The number of carbonyl (C=O) groups excluding carboxylic acids is 1. The van der Waals surface area contributed by atoms with Crippen molar-refractivity contribution in [3.63, 3.8) is 0 Å². The van der Waals surface area contributed by atoms with Crippen molar-refractivity contribution in [2.45, 2.75) is 25.4 Å². The summed E-state index contributed by atoms with van der Waals surface area (Å²) < 4.78 is 1.77. The number of nitrogens with two attached hydrogens (primary N) is 1. The molecule has 1 amide bonds. The molecule has 1 saturated heterocycles. The van der Waals surface area contributed by atoms with Crippen molar-refractivity contribution in [2.24, 2.45) is 5.73 Å². The van der Waals surface area contributed by atoms with Gasteiger partial charge < -0.3 is 11.1 Å². The van der Waals surface area contributed by atoms with Crippen molar-refractivity contribution >= 4 is 5.91 Å². The van der Waals surface area contributed by atoms with E-state index in [4.69, 9.17) is 5.73 Å². The van der Waals surface area contributed by atoms with Crippen LogP contribution in [0, 0.1) is 0 Å². The predicted octanol–water partition coefficient (Wildman–Crippen LogP) is -0.266. The molecule has 5 heteroatoms. The van der Waals surface area contributed by atoms with Gasteiger partial charge in [0.05, 0.1) is 18.3 Å². The van der Waals surface area contributed by atoms with Crippen LogP contribution in [-0.2, 0) is 6.54 Å². The molecule has 2 rings (SSSR count). The Morgan fingerprint density at radius 3 is 3.21 bits per heavy atom. The Hall–Kier alpha value is -1.36. The Bertz CT molecular complexity index is 327. The lowest BCUT2D eigenvalue weighted by atomic mass is 10.2. The fourth-order valence-corrected chi connectivity index (χ4v) is 1.73. The second-order valence-corrected chi connectivity index (χ2v) is 3.61. The molecule has 1 unspecified atom stereocenters. The number of nitrogens with one attached hydrogen (secondary N) is 1. The molecule has 76 valence electrons. The molecular formula is C9H14N4O. The van der Waals surface area contributed by atoms with Crippen LogP contribution in [0.3, 0.4) is 0 Å². The van der Waals surface area contributed by atoms with Gasteiger partial charge in [-0.25, -0.2) is 0 Å². The maximum absolute atomic E-state index is 10.8. The minimum absolute atomic E-state index is 0.421. The Morgan fingerprint density at radius 2 is 2.64 bits per heavy atom. The molecule has 0 aliphatic carbocycles. The third kappa shape index (κ3) is 1.93. The smallest absolute Gasteiger partial charge is 0.251 e. The van der Waals surface area contributed by atoms with Gasteiger partial charge in [0.2, 0.25) is 0 Å². The van der Waals surface area contributed by atoms with E-state index in [2.05, 4.69) is 10.4 Å². The van der Waals surface area contributed by atoms with Crippen molar-refractivity contribution in [3.05, 3.63) is 18.0 Å². The second kappa shape index (κ2) is 3.79. The topological polar surface area (TPSA) is 72.9 Å². The lowest BCUT2D eigenvalue weighted by molar-refractivity contribution is 0.1000. The predicted molar refractivity (Wildman–Crippen MR) is 51.8 cm³/mol. The third-order valence-corrected chi connectivity index (χ3v) is 2.49. The molecular weight excluding hydrogens is 180 g/mol. The summed E-state index contributed by atoms with van der Waals surface area (Å²) in [5, 5.41) is 7.44. The van der Waals surface area contributed by atoms with Gasteiger partial charge in [-0.05, 0) is 19.4 Å². The molecule has 0 spiro atoms. The number of rotatable bonds is 3. The zero-order valence-electron chi connectivity index (χ0n) is 7.94. The maximum Gasteiger partial charge on any atom is 0.251 e. The number of primary amides is 1. The average molecular weight is 194 g/mol. The van der Waals surface area contributed by atoms with Gasteiger partial charge in [0.25, 0.3) is 5.91 Å². The average Bonchev–Trinajstić information content (AvgIpc) is 2.75. The first-order valence-corrected chi connectivity index (χ1v) is 4.81. The van der Waals surface area contributed by atoms with Crippen LogP contribution in [0.15, 0.2) is 12.4 Å². The van der Waals surface area contributed by atoms with Gasteiger partial charge in [-0.1, -0.05) is 0 Å². The largest absolute Gasteiger partial charge is 0.366 e. The molecule has 1 aliphatic heterocycles. The highest BCUT2D eigenvalue weighted by molar-refractivity contribution is 5.92. The Labute approximate surface area is 82.3 Å². The van der Waals surface area contributed by atoms with E-state index in [9.17, 15) is 4.79 Å². The van der Waals surface area contributed by atoms with Crippen molar-refractivity contribution in [1.29, 1.82) is 0 Å². The molecule has 5 nitrogen and oxygen atoms in total. The van der Waals surface area contributed by atoms with E-state index in [-0.39, 0.29) is 0 Å². The van der Waals surface area contributed by atoms with E-state index < -0.39 is 5.91 Å². The number of carbonyl (C=O) groups is 1. The van der Waals surface area contributed by atoms with Gasteiger partial charge in [0, 0.05) is 12.2 Å². The van der Waals surface area contributed by atoms with Crippen LogP contribution in [0.2, 0.25) is 0 Å². The van der Waals surface area contributed by atoms with E-state index in [0.717, 1.165) is 13.1 Å². The number of nitrogens with zero attached hydrogens (tertiary/aromatic N) is 2. The van der Waals surface area contributed by atoms with Crippen LogP contribution in [-0.4, -0.2) is 28.3 Å². The van der Waals surface area contributed by atoms with E-state index >= 15 is 0 Å². The molecule has 14 heavy (non-hydrogen) atoms. The SMILES string of the molecule is NC(=O)c1cnn(CC2CCCN2)c1. The summed E-state index contributed by atoms with van der Waals surface area (Å²) in [5.41, 5.74) is 5.60. The van der Waals surface area contributed by atoms with Crippen LogP contribution in [0.25, 0.3) is 0 Å². The lowest BCUT2D eigenvalue weighted by Crippen LogP contribution is -2.26. The molecule has 2 heterocycles. The molecule has 0 bridgehead atoms. The van der Waals surface area contributed by atoms with Gasteiger partial charge in [-0.3, -0.25) is 9.48 Å². The van der Waals surface area contributed by atoms with Gasteiger partial charge in [-0.15, -0.1) is 0 Å². The molecule has 1 aromatic rings. The summed E-state index contributed by atoms with van der Waals surface area (Å²) in [6.07, 6.45) is 5.60. The molecule has 3 N–H and O–H groups in total. The van der Waals surface area contributed by atoms with E-state index in [1.54, 1.807) is 10.9 Å². The molecule has 1 fully saturated rings. The summed E-state index contributed by atoms with van der Waals surface area (Å²) in [4.78, 5) is 10.8. The van der Waals surface area contributed by atoms with Crippen LogP contribution >= 0.6 is 0 Å². The normalized spacial score (nSPS) is 21.3. The first kappa shape index (κ1) is 9.21. The van der Waals surface area contributed by atoms with Crippen LogP contribution < -0.4 is 11.1 Å². The Kier molecular flexibility index (Phi) is 2.49.